The van der Waals surface area contributed by atoms with Crippen molar-refractivity contribution in [3.05, 3.63) is 0 Å². The molecular formula is C46H92NO7+. The van der Waals surface area contributed by atoms with Crippen molar-refractivity contribution in [2.75, 3.05) is 40.9 Å². The summed E-state index contributed by atoms with van der Waals surface area (Å²) in [6, 6.07) is 0. The van der Waals surface area contributed by atoms with Gasteiger partial charge in [0.1, 0.15) is 31.0 Å². The first-order valence-corrected chi connectivity index (χ1v) is 23.4. The van der Waals surface area contributed by atoms with Gasteiger partial charge >= 0.3 is 5.97 Å². The topological polar surface area (TPSA) is 105 Å². The van der Waals surface area contributed by atoms with Crippen LogP contribution in [-0.4, -0.2) is 97.4 Å². The molecule has 1 fully saturated rings. The molecule has 0 aromatic carbocycles. The van der Waals surface area contributed by atoms with Crippen molar-refractivity contribution in [1.82, 2.24) is 0 Å². The fourth-order valence-corrected chi connectivity index (χ4v) is 7.65. The summed E-state index contributed by atoms with van der Waals surface area (Å²) < 4.78 is 17.4. The van der Waals surface area contributed by atoms with Crippen LogP contribution in [-0.2, 0) is 19.0 Å². The molecule has 0 spiro atoms. The van der Waals surface area contributed by atoms with E-state index in [4.69, 9.17) is 14.2 Å². The van der Waals surface area contributed by atoms with Crippen LogP contribution in [0.3, 0.4) is 0 Å². The Balaban J connectivity index is 1.82. The van der Waals surface area contributed by atoms with E-state index in [0.717, 1.165) is 36.7 Å². The minimum absolute atomic E-state index is 0.178. The van der Waals surface area contributed by atoms with Crippen LogP contribution in [0.1, 0.15) is 219 Å². The Hall–Kier alpha value is -0.770. The molecule has 1 heterocycles. The van der Waals surface area contributed by atoms with Crippen LogP contribution in [0, 0.1) is 0 Å². The first-order chi connectivity index (χ1) is 26.2. The lowest BCUT2D eigenvalue weighted by Gasteiger charge is -2.40. The molecule has 8 nitrogen and oxygen atoms in total. The van der Waals surface area contributed by atoms with Crippen LogP contribution < -0.4 is 0 Å². The van der Waals surface area contributed by atoms with E-state index < -0.39 is 30.7 Å². The minimum atomic E-state index is -1.43. The molecule has 5 atom stereocenters. The lowest BCUT2D eigenvalue weighted by Crippen LogP contribution is -2.59. The predicted molar refractivity (Wildman–Crippen MR) is 225 cm³/mol. The van der Waals surface area contributed by atoms with Gasteiger partial charge in [0.15, 0.2) is 6.29 Å². The zero-order valence-corrected chi connectivity index (χ0v) is 36.3. The molecule has 1 aliphatic rings. The third kappa shape index (κ3) is 30.4. The monoisotopic (exact) mass is 771 g/mol. The van der Waals surface area contributed by atoms with Gasteiger partial charge in [0.05, 0.1) is 34.3 Å². The molecule has 0 saturated carbocycles. The quantitative estimate of drug-likeness (QED) is 0.0325. The van der Waals surface area contributed by atoms with Crippen molar-refractivity contribution in [3.63, 3.8) is 0 Å². The van der Waals surface area contributed by atoms with Gasteiger partial charge in [0, 0.05) is 12.8 Å². The van der Waals surface area contributed by atoms with E-state index in [1.807, 2.05) is 0 Å². The summed E-state index contributed by atoms with van der Waals surface area (Å²) in [7, 11) is 6.26. The standard InChI is InChI=1S/C46H92NO7/c1-5-6-7-8-9-10-11-12-13-14-15-16-17-18-19-20-21-22-23-24-25-26-27-28-29-30-31-32-33-34-35-37-42(48)53-40-41-43(49)44(50)45(51)46(54-41)52-39-36-38-47(2,3)4/h41,43-46,49-51H,5-40H2,1-4H3/q+1/t41-,43+,44-,45-,46?/m0/s1. The smallest absolute Gasteiger partial charge is 0.305 e. The SMILES string of the molecule is CCCCCCCCCCCCCCCCCCCCCCCCCCCCCCCCCC(=O)OC[C@@H]1OC(OCCC[N+](C)(C)C)[C@@H](O)[C@@H](O)[C@@H]1O. The van der Waals surface area contributed by atoms with Crippen molar-refractivity contribution < 1.29 is 38.8 Å². The second kappa shape index (κ2) is 35.4. The van der Waals surface area contributed by atoms with Gasteiger partial charge in [-0.3, -0.25) is 4.79 Å². The minimum Gasteiger partial charge on any atom is -0.463 e. The largest absolute Gasteiger partial charge is 0.463 e. The number of unbranched alkanes of at least 4 members (excludes halogenated alkanes) is 30. The zero-order valence-electron chi connectivity index (χ0n) is 36.3. The summed E-state index contributed by atoms with van der Waals surface area (Å²) in [6.45, 7) is 3.36. The molecule has 1 aliphatic heterocycles. The Morgan fingerprint density at radius 3 is 1.20 bits per heavy atom. The second-order valence-corrected chi connectivity index (χ2v) is 17.8. The first kappa shape index (κ1) is 51.2. The van der Waals surface area contributed by atoms with Crippen LogP contribution in [0.5, 0.6) is 0 Å². The van der Waals surface area contributed by atoms with E-state index in [1.165, 1.54) is 180 Å². The highest BCUT2D eigenvalue weighted by molar-refractivity contribution is 5.69. The van der Waals surface area contributed by atoms with Crippen molar-refractivity contribution in [3.8, 4) is 0 Å². The summed E-state index contributed by atoms with van der Waals surface area (Å²) in [4.78, 5) is 12.3. The molecule has 0 aromatic rings. The van der Waals surface area contributed by atoms with Gasteiger partial charge in [0.2, 0.25) is 0 Å². The summed E-state index contributed by atoms with van der Waals surface area (Å²) in [5.74, 6) is -0.331. The maximum atomic E-state index is 12.3. The highest BCUT2D eigenvalue weighted by Gasteiger charge is 2.44. The average Bonchev–Trinajstić information content (AvgIpc) is 3.14. The van der Waals surface area contributed by atoms with Gasteiger partial charge in [-0.15, -0.1) is 0 Å². The fourth-order valence-electron chi connectivity index (χ4n) is 7.65. The van der Waals surface area contributed by atoms with Crippen LogP contribution in [0.2, 0.25) is 0 Å². The Labute approximate surface area is 334 Å². The number of hydrogen-bond donors (Lipinski definition) is 3. The van der Waals surface area contributed by atoms with Gasteiger partial charge in [-0.2, -0.15) is 0 Å². The summed E-state index contributed by atoms with van der Waals surface area (Å²) in [6.07, 6.45) is 37.5. The van der Waals surface area contributed by atoms with E-state index in [9.17, 15) is 20.1 Å². The van der Waals surface area contributed by atoms with E-state index in [-0.39, 0.29) is 12.6 Å². The number of quaternary nitrogens is 1. The molecule has 0 aromatic heterocycles. The van der Waals surface area contributed by atoms with Crippen LogP contribution >= 0.6 is 0 Å². The highest BCUT2D eigenvalue weighted by atomic mass is 16.7. The molecule has 1 saturated heterocycles. The second-order valence-electron chi connectivity index (χ2n) is 17.8. The van der Waals surface area contributed by atoms with Crippen molar-refractivity contribution >= 4 is 5.97 Å². The Morgan fingerprint density at radius 2 is 0.852 bits per heavy atom. The molecular weight excluding hydrogens is 679 g/mol. The normalized spacial score (nSPS) is 20.5. The molecule has 0 bridgehead atoms. The van der Waals surface area contributed by atoms with E-state index >= 15 is 0 Å². The van der Waals surface area contributed by atoms with Crippen molar-refractivity contribution in [1.29, 1.82) is 0 Å². The van der Waals surface area contributed by atoms with Gasteiger partial charge in [-0.05, 0) is 6.42 Å². The van der Waals surface area contributed by atoms with Gasteiger partial charge < -0.3 is 34.0 Å². The zero-order chi connectivity index (χ0) is 39.5. The molecule has 0 amide bonds. The Kier molecular flexibility index (Phi) is 33.6. The third-order valence-electron chi connectivity index (χ3n) is 11.3. The number of hydrogen-bond acceptors (Lipinski definition) is 7. The average molecular weight is 771 g/mol. The van der Waals surface area contributed by atoms with Crippen molar-refractivity contribution in [2.45, 2.75) is 250 Å². The molecule has 1 rings (SSSR count). The number of carbonyl (C=O) groups excluding carboxylic acids is 1. The van der Waals surface area contributed by atoms with Crippen molar-refractivity contribution in [2.24, 2.45) is 0 Å². The lowest BCUT2D eigenvalue weighted by atomic mass is 9.99. The maximum Gasteiger partial charge on any atom is 0.305 e. The Bertz CT molecular complexity index is 821. The summed E-state index contributed by atoms with van der Waals surface area (Å²) >= 11 is 0. The number of nitrogens with zero attached hydrogens (tertiary/aromatic N) is 1. The number of carbonyl (C=O) groups is 1. The summed E-state index contributed by atoms with van der Waals surface area (Å²) in [5, 5.41) is 30.8. The number of ether oxygens (including phenoxy) is 3. The fraction of sp³-hybridized carbons (Fsp3) is 0.978. The molecule has 0 radical (unpaired) electrons. The number of aliphatic hydroxyl groups excluding tert-OH is 3. The van der Waals surface area contributed by atoms with E-state index in [1.54, 1.807) is 0 Å². The summed E-state index contributed by atoms with van der Waals surface area (Å²) in [5.41, 5.74) is 0. The Morgan fingerprint density at radius 1 is 0.500 bits per heavy atom. The number of aliphatic hydroxyl groups is 3. The molecule has 322 valence electrons. The third-order valence-corrected chi connectivity index (χ3v) is 11.3. The van der Waals surface area contributed by atoms with Gasteiger partial charge in [-0.25, -0.2) is 0 Å². The molecule has 1 unspecified atom stereocenters. The first-order valence-electron chi connectivity index (χ1n) is 23.4. The molecule has 3 N–H and O–H groups in total. The maximum absolute atomic E-state index is 12.3. The van der Waals surface area contributed by atoms with Crippen LogP contribution in [0.4, 0.5) is 0 Å². The van der Waals surface area contributed by atoms with Crippen LogP contribution in [0.15, 0.2) is 0 Å². The molecule has 54 heavy (non-hydrogen) atoms. The van der Waals surface area contributed by atoms with Gasteiger partial charge in [-0.1, -0.05) is 200 Å². The van der Waals surface area contributed by atoms with Gasteiger partial charge in [0.25, 0.3) is 0 Å². The predicted octanol–water partition coefficient (Wildman–Crippen LogP) is 11.0. The number of esters is 1. The van der Waals surface area contributed by atoms with Crippen LogP contribution in [0.25, 0.3) is 0 Å². The lowest BCUT2D eigenvalue weighted by molar-refractivity contribution is -0.870. The number of rotatable bonds is 39. The molecule has 0 aliphatic carbocycles. The van der Waals surface area contributed by atoms with E-state index in [2.05, 4.69) is 28.1 Å². The highest BCUT2D eigenvalue weighted by Crippen LogP contribution is 2.23. The van der Waals surface area contributed by atoms with E-state index in [0.29, 0.717) is 13.0 Å². The molecule has 8 heteroatoms.